The van der Waals surface area contributed by atoms with E-state index in [0.717, 1.165) is 5.56 Å². The van der Waals surface area contributed by atoms with Gasteiger partial charge in [0.25, 0.3) is 0 Å². The molecule has 0 saturated carbocycles. The molecule has 3 N–H and O–H groups in total. The van der Waals surface area contributed by atoms with Crippen LogP contribution in [0.15, 0.2) is 24.3 Å². The Labute approximate surface area is 157 Å². The third-order valence-electron chi connectivity index (χ3n) is 3.81. The Hall–Kier alpha value is -1.05. The molecule has 0 spiro atoms. The van der Waals surface area contributed by atoms with Gasteiger partial charge in [-0.2, -0.15) is 0 Å². The van der Waals surface area contributed by atoms with E-state index in [-0.39, 0.29) is 19.0 Å². The number of hydrogen-bond donors (Lipinski definition) is 3. The fraction of sp³-hybridized carbons (Fsp3) is 0.588. The molecular formula is C17H28NO6PS. The Bertz CT molecular complexity index is 648. The lowest BCUT2D eigenvalue weighted by molar-refractivity contribution is -0.137. The second kappa shape index (κ2) is 9.76. The summed E-state index contributed by atoms with van der Waals surface area (Å²) in [4.78, 5) is 21.4. The molecule has 0 aromatic heterocycles. The highest BCUT2D eigenvalue weighted by atomic mass is 32.2. The fourth-order valence-corrected chi connectivity index (χ4v) is 5.32. The van der Waals surface area contributed by atoms with Crippen LogP contribution in [0.1, 0.15) is 39.2 Å². The zero-order valence-electron chi connectivity index (χ0n) is 15.6. The van der Waals surface area contributed by atoms with Crippen molar-refractivity contribution in [1.29, 1.82) is 0 Å². The number of para-hydroxylation sites is 1. The molecule has 148 valence electrons. The number of hydrogen-bond acceptors (Lipinski definition) is 5. The number of carboxylic acid groups (broad SMARTS) is 1. The van der Waals surface area contributed by atoms with Crippen molar-refractivity contribution in [2.45, 2.75) is 50.6 Å². The summed E-state index contributed by atoms with van der Waals surface area (Å²) in [7, 11) is -2.27. The molecule has 1 aromatic rings. The van der Waals surface area contributed by atoms with E-state index in [1.165, 1.54) is 7.11 Å². The van der Waals surface area contributed by atoms with Crippen LogP contribution in [0.2, 0.25) is 0 Å². The Balaban J connectivity index is 2.90. The smallest absolute Gasteiger partial charge is 0.303 e. The third kappa shape index (κ3) is 7.29. The first-order valence-electron chi connectivity index (χ1n) is 8.30. The van der Waals surface area contributed by atoms with Gasteiger partial charge in [0, 0.05) is 23.9 Å². The van der Waals surface area contributed by atoms with Crippen LogP contribution in [0, 0.1) is 0 Å². The summed E-state index contributed by atoms with van der Waals surface area (Å²) >= 11 is -1.58. The minimum Gasteiger partial charge on any atom is -0.598 e. The van der Waals surface area contributed by atoms with Crippen molar-refractivity contribution in [3.8, 4) is 5.75 Å². The van der Waals surface area contributed by atoms with Crippen LogP contribution in [0.3, 0.4) is 0 Å². The Morgan fingerprint density at radius 3 is 2.54 bits per heavy atom. The molecule has 3 atom stereocenters. The quantitative estimate of drug-likeness (QED) is 0.404. The molecule has 0 bridgehead atoms. The Morgan fingerprint density at radius 1 is 1.38 bits per heavy atom. The number of carbonyl (C=O) groups is 1. The summed E-state index contributed by atoms with van der Waals surface area (Å²) in [5.74, 6) is -1.49. The number of rotatable bonds is 10. The molecule has 9 heteroatoms. The number of aryl methyl sites for hydroxylation is 1. The van der Waals surface area contributed by atoms with Crippen molar-refractivity contribution in [2.75, 3.05) is 13.3 Å². The maximum atomic E-state index is 12.9. The van der Waals surface area contributed by atoms with Crippen LogP contribution >= 0.6 is 7.37 Å². The van der Waals surface area contributed by atoms with Crippen molar-refractivity contribution in [3.05, 3.63) is 29.8 Å². The molecule has 0 fully saturated rings. The highest BCUT2D eigenvalue weighted by Crippen LogP contribution is 2.48. The predicted octanol–water partition coefficient (Wildman–Crippen LogP) is 2.75. The molecule has 7 nitrogen and oxygen atoms in total. The highest BCUT2D eigenvalue weighted by Gasteiger charge is 2.38. The average Bonchev–Trinajstić information content (AvgIpc) is 2.55. The number of nitrogens with one attached hydrogen (secondary N) is 1. The van der Waals surface area contributed by atoms with Gasteiger partial charge in [-0.25, -0.2) is 0 Å². The first-order valence-corrected chi connectivity index (χ1v) is 11.4. The van der Waals surface area contributed by atoms with E-state index >= 15 is 0 Å². The van der Waals surface area contributed by atoms with Gasteiger partial charge in [-0.3, -0.25) is 9.36 Å². The summed E-state index contributed by atoms with van der Waals surface area (Å²) in [6, 6.07) is 7.21. The molecule has 26 heavy (non-hydrogen) atoms. The Morgan fingerprint density at radius 2 is 2.00 bits per heavy atom. The summed E-state index contributed by atoms with van der Waals surface area (Å²) in [5.41, 5.74) is 0.790. The molecular weight excluding hydrogens is 377 g/mol. The monoisotopic (exact) mass is 405 g/mol. The predicted molar refractivity (Wildman–Crippen MR) is 103 cm³/mol. The largest absolute Gasteiger partial charge is 0.598 e. The topological polar surface area (TPSA) is 119 Å². The van der Waals surface area contributed by atoms with E-state index in [4.69, 9.17) is 9.84 Å². The third-order valence-corrected chi connectivity index (χ3v) is 7.82. The number of methoxy groups -OCH3 is 1. The van der Waals surface area contributed by atoms with Gasteiger partial charge >= 0.3 is 5.97 Å². The molecule has 0 aliphatic carbocycles. The van der Waals surface area contributed by atoms with Gasteiger partial charge in [0.2, 0.25) is 7.37 Å². The number of ether oxygens (including phenoxy) is 1. The average molecular weight is 405 g/mol. The zero-order chi connectivity index (χ0) is 20.0. The summed E-state index contributed by atoms with van der Waals surface area (Å²) in [5, 5.41) is 8.91. The molecule has 0 heterocycles. The lowest BCUT2D eigenvalue weighted by atomic mass is 10.1. The van der Waals surface area contributed by atoms with Crippen LogP contribution < -0.4 is 9.46 Å². The summed E-state index contributed by atoms with van der Waals surface area (Å²) in [6.07, 6.45) is -0.119. The van der Waals surface area contributed by atoms with Gasteiger partial charge in [-0.15, -0.1) is 4.72 Å². The lowest BCUT2D eigenvalue weighted by Crippen LogP contribution is -2.45. The van der Waals surface area contributed by atoms with Crippen molar-refractivity contribution in [3.63, 3.8) is 0 Å². The normalized spacial score (nSPS) is 16.5. The molecule has 0 aliphatic rings. The van der Waals surface area contributed by atoms with Crippen LogP contribution in [0.4, 0.5) is 0 Å². The second-order valence-corrected chi connectivity index (χ2v) is 11.6. The van der Waals surface area contributed by atoms with Crippen molar-refractivity contribution in [1.82, 2.24) is 4.72 Å². The highest BCUT2D eigenvalue weighted by molar-refractivity contribution is 7.91. The lowest BCUT2D eigenvalue weighted by Gasteiger charge is -2.30. The fourth-order valence-electron chi connectivity index (χ4n) is 2.25. The zero-order valence-corrected chi connectivity index (χ0v) is 17.3. The van der Waals surface area contributed by atoms with Crippen LogP contribution in [0.5, 0.6) is 5.75 Å². The first-order chi connectivity index (χ1) is 12.0. The maximum Gasteiger partial charge on any atom is 0.303 e. The van der Waals surface area contributed by atoms with Crippen molar-refractivity contribution >= 4 is 24.7 Å². The van der Waals surface area contributed by atoms with E-state index in [1.807, 2.05) is 18.2 Å². The van der Waals surface area contributed by atoms with E-state index in [1.54, 1.807) is 26.8 Å². The first kappa shape index (κ1) is 23.0. The van der Waals surface area contributed by atoms with Gasteiger partial charge in [-0.05, 0) is 45.2 Å². The maximum absolute atomic E-state index is 12.9. The molecule has 0 amide bonds. The van der Waals surface area contributed by atoms with Crippen LogP contribution in [-0.4, -0.2) is 44.3 Å². The van der Waals surface area contributed by atoms with E-state index in [9.17, 15) is 18.8 Å². The molecule has 1 aromatic carbocycles. The molecule has 0 saturated heterocycles. The number of benzene rings is 1. The van der Waals surface area contributed by atoms with Gasteiger partial charge in [0.15, 0.2) is 0 Å². The SMILES string of the molecule is COc1ccccc1CCP(=O)(O)[C@H](CCC(=O)O)N[S+]([O-])C(C)(C)C. The van der Waals surface area contributed by atoms with E-state index in [2.05, 4.69) is 4.72 Å². The summed E-state index contributed by atoms with van der Waals surface area (Å²) in [6.45, 7) is 5.21. The van der Waals surface area contributed by atoms with Gasteiger partial charge in [-0.1, -0.05) is 18.2 Å². The minimum absolute atomic E-state index is 0.0635. The van der Waals surface area contributed by atoms with Crippen molar-refractivity contribution in [2.24, 2.45) is 0 Å². The molecule has 0 radical (unpaired) electrons. The molecule has 0 aliphatic heterocycles. The number of aliphatic carboxylic acids is 1. The second-order valence-electron chi connectivity index (χ2n) is 6.99. The van der Waals surface area contributed by atoms with Gasteiger partial charge in [0.1, 0.15) is 16.3 Å². The van der Waals surface area contributed by atoms with Crippen LogP contribution in [0.25, 0.3) is 0 Å². The van der Waals surface area contributed by atoms with Gasteiger partial charge < -0.3 is 19.3 Å². The van der Waals surface area contributed by atoms with E-state index in [0.29, 0.717) is 12.2 Å². The minimum atomic E-state index is -3.80. The van der Waals surface area contributed by atoms with Crippen molar-refractivity contribution < 1.29 is 28.6 Å². The Kier molecular flexibility index (Phi) is 8.63. The summed E-state index contributed by atoms with van der Waals surface area (Å²) < 4.78 is 32.5. The molecule has 1 rings (SSSR count). The van der Waals surface area contributed by atoms with E-state index < -0.39 is 35.2 Å². The van der Waals surface area contributed by atoms with Crippen LogP contribution in [-0.2, 0) is 27.1 Å². The van der Waals surface area contributed by atoms with Gasteiger partial charge in [0.05, 0.1) is 7.11 Å². The molecule has 2 unspecified atom stereocenters. The standard InChI is InChI=1S/C17H28NO6PS/c1-17(2,3)26(23)18-15(9-10-16(19)20)25(21,22)12-11-13-7-5-6-8-14(13)24-4/h5-8,15,18H,9-12H2,1-4H3,(H,19,20)(H,21,22)/t15-,26?/m1/s1. The number of carboxylic acids is 1.